The SMILES string of the molecule is OCC1(Cc2ccccc2F)CCCNC1. The molecular formula is C13H18FNO. The summed E-state index contributed by atoms with van der Waals surface area (Å²) in [6.45, 7) is 1.89. The second kappa shape index (κ2) is 4.93. The van der Waals surface area contributed by atoms with E-state index in [0.717, 1.165) is 25.9 Å². The van der Waals surface area contributed by atoms with E-state index >= 15 is 0 Å². The lowest BCUT2D eigenvalue weighted by molar-refractivity contribution is 0.0939. The first-order valence-electron chi connectivity index (χ1n) is 5.81. The van der Waals surface area contributed by atoms with Crippen LogP contribution in [-0.4, -0.2) is 24.8 Å². The third-order valence-electron chi connectivity index (χ3n) is 3.42. The van der Waals surface area contributed by atoms with E-state index in [2.05, 4.69) is 5.32 Å². The molecule has 0 amide bonds. The quantitative estimate of drug-likeness (QED) is 0.818. The Morgan fingerprint density at radius 2 is 2.19 bits per heavy atom. The summed E-state index contributed by atoms with van der Waals surface area (Å²) in [5.41, 5.74) is 0.528. The molecule has 0 spiro atoms. The van der Waals surface area contributed by atoms with Gasteiger partial charge >= 0.3 is 0 Å². The lowest BCUT2D eigenvalue weighted by atomic mass is 9.76. The highest BCUT2D eigenvalue weighted by Gasteiger charge is 2.32. The van der Waals surface area contributed by atoms with E-state index in [0.29, 0.717) is 12.0 Å². The van der Waals surface area contributed by atoms with E-state index < -0.39 is 0 Å². The zero-order valence-corrected chi connectivity index (χ0v) is 9.38. The van der Waals surface area contributed by atoms with Crippen molar-refractivity contribution in [1.82, 2.24) is 5.32 Å². The number of hydrogen-bond acceptors (Lipinski definition) is 2. The first-order valence-corrected chi connectivity index (χ1v) is 5.81. The molecule has 1 heterocycles. The minimum Gasteiger partial charge on any atom is -0.396 e. The summed E-state index contributed by atoms with van der Waals surface area (Å²) in [5.74, 6) is -0.166. The lowest BCUT2D eigenvalue weighted by Gasteiger charge is -2.36. The summed E-state index contributed by atoms with van der Waals surface area (Å²) >= 11 is 0. The fraction of sp³-hybridized carbons (Fsp3) is 0.538. The molecule has 0 bridgehead atoms. The highest BCUT2D eigenvalue weighted by atomic mass is 19.1. The number of rotatable bonds is 3. The van der Waals surface area contributed by atoms with E-state index in [1.165, 1.54) is 6.07 Å². The van der Waals surface area contributed by atoms with Gasteiger partial charge in [0, 0.05) is 12.0 Å². The van der Waals surface area contributed by atoms with Gasteiger partial charge in [-0.3, -0.25) is 0 Å². The summed E-state index contributed by atoms with van der Waals surface area (Å²) in [4.78, 5) is 0. The Morgan fingerprint density at radius 1 is 1.38 bits per heavy atom. The van der Waals surface area contributed by atoms with Crippen LogP contribution in [0.3, 0.4) is 0 Å². The van der Waals surface area contributed by atoms with Gasteiger partial charge in [-0.15, -0.1) is 0 Å². The molecule has 0 radical (unpaired) electrons. The van der Waals surface area contributed by atoms with Crippen LogP contribution < -0.4 is 5.32 Å². The first-order chi connectivity index (χ1) is 7.76. The van der Waals surface area contributed by atoms with Gasteiger partial charge in [0.05, 0.1) is 6.61 Å². The van der Waals surface area contributed by atoms with Crippen LogP contribution in [-0.2, 0) is 6.42 Å². The summed E-state index contributed by atoms with van der Waals surface area (Å²) in [7, 11) is 0. The van der Waals surface area contributed by atoms with E-state index in [1.54, 1.807) is 12.1 Å². The van der Waals surface area contributed by atoms with Gasteiger partial charge in [-0.05, 0) is 37.4 Å². The van der Waals surface area contributed by atoms with Crippen LogP contribution in [0.25, 0.3) is 0 Å². The van der Waals surface area contributed by atoms with Crippen LogP contribution in [0.15, 0.2) is 24.3 Å². The van der Waals surface area contributed by atoms with Crippen LogP contribution in [0.1, 0.15) is 18.4 Å². The Kier molecular flexibility index (Phi) is 3.56. The number of hydrogen-bond donors (Lipinski definition) is 2. The molecule has 3 heteroatoms. The molecule has 0 aromatic heterocycles. The van der Waals surface area contributed by atoms with Crippen molar-refractivity contribution in [2.75, 3.05) is 19.7 Å². The van der Waals surface area contributed by atoms with Crippen molar-refractivity contribution in [3.63, 3.8) is 0 Å². The molecule has 1 aromatic rings. The van der Waals surface area contributed by atoms with Crippen molar-refractivity contribution in [2.45, 2.75) is 19.3 Å². The van der Waals surface area contributed by atoms with Crippen molar-refractivity contribution in [3.8, 4) is 0 Å². The molecule has 1 saturated heterocycles. The van der Waals surface area contributed by atoms with Crippen molar-refractivity contribution in [3.05, 3.63) is 35.6 Å². The zero-order valence-electron chi connectivity index (χ0n) is 9.38. The predicted octanol–water partition coefficient (Wildman–Crippen LogP) is 1.73. The highest BCUT2D eigenvalue weighted by Crippen LogP contribution is 2.30. The topological polar surface area (TPSA) is 32.3 Å². The standard InChI is InChI=1S/C13H18FNO/c14-12-5-2-1-4-11(12)8-13(10-16)6-3-7-15-9-13/h1-2,4-5,15-16H,3,6-10H2. The minimum absolute atomic E-state index is 0.119. The molecule has 1 fully saturated rings. The maximum absolute atomic E-state index is 13.5. The maximum atomic E-state index is 13.5. The monoisotopic (exact) mass is 223 g/mol. The van der Waals surface area contributed by atoms with Gasteiger partial charge in [0.1, 0.15) is 5.82 Å². The average molecular weight is 223 g/mol. The molecule has 1 unspecified atom stereocenters. The van der Waals surface area contributed by atoms with Gasteiger partial charge in [-0.25, -0.2) is 4.39 Å². The fourth-order valence-corrected chi connectivity index (χ4v) is 2.42. The molecule has 88 valence electrons. The van der Waals surface area contributed by atoms with E-state index in [4.69, 9.17) is 0 Å². The Labute approximate surface area is 95.5 Å². The molecule has 2 N–H and O–H groups in total. The number of aliphatic hydroxyl groups excluding tert-OH is 1. The fourth-order valence-electron chi connectivity index (χ4n) is 2.42. The van der Waals surface area contributed by atoms with Crippen molar-refractivity contribution in [1.29, 1.82) is 0 Å². The van der Waals surface area contributed by atoms with Gasteiger partial charge in [0.25, 0.3) is 0 Å². The van der Waals surface area contributed by atoms with E-state index in [1.807, 2.05) is 6.07 Å². The number of piperidine rings is 1. The van der Waals surface area contributed by atoms with Gasteiger partial charge in [0.15, 0.2) is 0 Å². The normalized spacial score (nSPS) is 25.6. The smallest absolute Gasteiger partial charge is 0.126 e. The third kappa shape index (κ3) is 2.42. The van der Waals surface area contributed by atoms with Crippen LogP contribution in [0.4, 0.5) is 4.39 Å². The summed E-state index contributed by atoms with van der Waals surface area (Å²) in [6.07, 6.45) is 2.63. The Bertz CT molecular complexity index is 348. The second-order valence-corrected chi connectivity index (χ2v) is 4.71. The number of halogens is 1. The predicted molar refractivity (Wildman–Crippen MR) is 61.7 cm³/mol. The summed E-state index contributed by atoms with van der Waals surface area (Å²) in [5, 5.41) is 12.8. The average Bonchev–Trinajstić information content (AvgIpc) is 2.33. The minimum atomic E-state index is -0.180. The van der Waals surface area contributed by atoms with Gasteiger partial charge in [-0.2, -0.15) is 0 Å². The number of nitrogens with one attached hydrogen (secondary N) is 1. The molecular weight excluding hydrogens is 205 g/mol. The van der Waals surface area contributed by atoms with Crippen molar-refractivity contribution < 1.29 is 9.50 Å². The number of aliphatic hydroxyl groups is 1. The van der Waals surface area contributed by atoms with Crippen LogP contribution >= 0.6 is 0 Å². The van der Waals surface area contributed by atoms with Gasteiger partial charge in [0.2, 0.25) is 0 Å². The van der Waals surface area contributed by atoms with Crippen molar-refractivity contribution in [2.24, 2.45) is 5.41 Å². The molecule has 0 aliphatic carbocycles. The highest BCUT2D eigenvalue weighted by molar-refractivity contribution is 5.19. The van der Waals surface area contributed by atoms with E-state index in [9.17, 15) is 9.50 Å². The van der Waals surface area contributed by atoms with E-state index in [-0.39, 0.29) is 17.8 Å². The molecule has 16 heavy (non-hydrogen) atoms. The molecule has 2 rings (SSSR count). The first kappa shape index (κ1) is 11.6. The lowest BCUT2D eigenvalue weighted by Crippen LogP contribution is -2.44. The molecule has 1 aliphatic heterocycles. The Morgan fingerprint density at radius 3 is 2.81 bits per heavy atom. The van der Waals surface area contributed by atoms with Gasteiger partial charge < -0.3 is 10.4 Å². The number of benzene rings is 1. The zero-order chi connectivity index (χ0) is 11.4. The molecule has 1 atom stereocenters. The Balaban J connectivity index is 2.15. The van der Waals surface area contributed by atoms with Crippen LogP contribution in [0.5, 0.6) is 0 Å². The largest absolute Gasteiger partial charge is 0.396 e. The molecule has 2 nitrogen and oxygen atoms in total. The summed E-state index contributed by atoms with van der Waals surface area (Å²) in [6, 6.07) is 6.83. The second-order valence-electron chi connectivity index (χ2n) is 4.71. The van der Waals surface area contributed by atoms with Crippen LogP contribution in [0, 0.1) is 11.2 Å². The van der Waals surface area contributed by atoms with Gasteiger partial charge in [-0.1, -0.05) is 18.2 Å². The third-order valence-corrected chi connectivity index (χ3v) is 3.42. The summed E-state index contributed by atoms with van der Waals surface area (Å²) < 4.78 is 13.5. The molecule has 0 saturated carbocycles. The van der Waals surface area contributed by atoms with Crippen molar-refractivity contribution >= 4 is 0 Å². The maximum Gasteiger partial charge on any atom is 0.126 e. The molecule has 1 aliphatic rings. The Hall–Kier alpha value is -0.930. The van der Waals surface area contributed by atoms with Crippen LogP contribution in [0.2, 0.25) is 0 Å². The molecule has 1 aromatic carbocycles.